The van der Waals surface area contributed by atoms with E-state index in [9.17, 15) is 9.59 Å². The van der Waals surface area contributed by atoms with Gasteiger partial charge in [0, 0.05) is 22.0 Å². The highest BCUT2D eigenvalue weighted by molar-refractivity contribution is 9.10. The van der Waals surface area contributed by atoms with E-state index in [-0.39, 0.29) is 5.91 Å². The zero-order chi connectivity index (χ0) is 24.2. The molecule has 180 valence electrons. The van der Waals surface area contributed by atoms with Crippen LogP contribution in [0.4, 0.5) is 0 Å². The van der Waals surface area contributed by atoms with Gasteiger partial charge in [-0.15, -0.1) is 0 Å². The van der Waals surface area contributed by atoms with Gasteiger partial charge in [-0.2, -0.15) is 0 Å². The number of likely N-dealkylation sites (tertiary alicyclic amines) is 1. The van der Waals surface area contributed by atoms with E-state index in [4.69, 9.17) is 34.8 Å². The number of carbonyl (C=O) groups excluding carboxylic acids is 2. The van der Waals surface area contributed by atoms with Crippen molar-refractivity contribution < 1.29 is 9.59 Å². The van der Waals surface area contributed by atoms with E-state index >= 15 is 0 Å². The maximum atomic E-state index is 12.2. The van der Waals surface area contributed by atoms with Crippen molar-refractivity contribution in [2.75, 3.05) is 26.2 Å². The molecule has 4 nitrogen and oxygen atoms in total. The average Bonchev–Trinajstić information content (AvgIpc) is 2.84. The van der Waals surface area contributed by atoms with Gasteiger partial charge in [-0.05, 0) is 113 Å². The third-order valence-electron chi connectivity index (χ3n) is 5.20. The van der Waals surface area contributed by atoms with E-state index in [2.05, 4.69) is 37.2 Å². The maximum Gasteiger partial charge on any atom is 0.255 e. The highest BCUT2D eigenvalue weighted by Crippen LogP contribution is 2.28. The number of amides is 1. The highest BCUT2D eigenvalue weighted by atomic mass is 79.9. The van der Waals surface area contributed by atoms with E-state index < -0.39 is 5.24 Å². The van der Waals surface area contributed by atoms with Gasteiger partial charge in [-0.25, -0.2) is 0 Å². The summed E-state index contributed by atoms with van der Waals surface area (Å²) in [5, 5.41) is 3.61. The molecule has 0 unspecified atom stereocenters. The van der Waals surface area contributed by atoms with Gasteiger partial charge in [0.15, 0.2) is 0 Å². The predicted molar refractivity (Wildman–Crippen MR) is 145 cm³/mol. The SMILES string of the molecule is C1CCNCC1.O=C(Cl)c1cccc(Br)c1Cl.O=C(c1cccc(Br)c1Cl)N1CCCCC1. The van der Waals surface area contributed by atoms with Crippen LogP contribution in [0.25, 0.3) is 0 Å². The fraction of sp³-hybridized carbons (Fsp3) is 0.417. The van der Waals surface area contributed by atoms with Crippen molar-refractivity contribution in [1.29, 1.82) is 0 Å². The van der Waals surface area contributed by atoms with E-state index in [1.54, 1.807) is 24.3 Å². The van der Waals surface area contributed by atoms with Crippen molar-refractivity contribution in [2.45, 2.75) is 38.5 Å². The summed E-state index contributed by atoms with van der Waals surface area (Å²) in [5.74, 6) is 0.0472. The molecule has 0 aromatic heterocycles. The van der Waals surface area contributed by atoms with Crippen LogP contribution in [0, 0.1) is 0 Å². The molecule has 1 amide bonds. The second kappa shape index (κ2) is 15.4. The molecule has 33 heavy (non-hydrogen) atoms. The molecular formula is C24H27Br2Cl3N2O2. The summed E-state index contributed by atoms with van der Waals surface area (Å²) in [4.78, 5) is 24.8. The molecule has 0 saturated carbocycles. The summed E-state index contributed by atoms with van der Waals surface area (Å²) in [6.45, 7) is 4.20. The van der Waals surface area contributed by atoms with E-state index in [1.807, 2.05) is 17.0 Å². The van der Waals surface area contributed by atoms with Gasteiger partial charge in [-0.1, -0.05) is 41.8 Å². The van der Waals surface area contributed by atoms with E-state index in [0.717, 1.165) is 30.4 Å². The van der Waals surface area contributed by atoms with Gasteiger partial charge < -0.3 is 10.2 Å². The second-order valence-electron chi connectivity index (χ2n) is 7.64. The van der Waals surface area contributed by atoms with Crippen molar-refractivity contribution in [3.05, 3.63) is 66.5 Å². The van der Waals surface area contributed by atoms with E-state index in [1.165, 1.54) is 38.8 Å². The van der Waals surface area contributed by atoms with Crippen molar-refractivity contribution in [3.8, 4) is 0 Å². The largest absolute Gasteiger partial charge is 0.339 e. The van der Waals surface area contributed by atoms with Crippen LogP contribution < -0.4 is 5.32 Å². The molecule has 2 aromatic carbocycles. The molecule has 9 heteroatoms. The minimum absolute atomic E-state index is 0.0472. The van der Waals surface area contributed by atoms with Gasteiger partial charge in [0.05, 0.1) is 21.2 Å². The Morgan fingerprint density at radius 1 is 0.758 bits per heavy atom. The number of halogens is 5. The van der Waals surface area contributed by atoms with Crippen LogP contribution in [-0.2, 0) is 0 Å². The summed E-state index contributed by atoms with van der Waals surface area (Å²) in [5.41, 5.74) is 0.917. The topological polar surface area (TPSA) is 49.4 Å². The number of nitrogens with zero attached hydrogens (tertiary/aromatic N) is 1. The Hall–Kier alpha value is -0.630. The molecule has 0 bridgehead atoms. The molecule has 2 aromatic rings. The van der Waals surface area contributed by atoms with Gasteiger partial charge in [0.1, 0.15) is 0 Å². The minimum Gasteiger partial charge on any atom is -0.339 e. The number of benzene rings is 2. The molecule has 0 atom stereocenters. The fourth-order valence-corrected chi connectivity index (χ4v) is 4.75. The molecule has 2 aliphatic rings. The first-order chi connectivity index (χ1) is 15.8. The average molecular weight is 642 g/mol. The Kier molecular flexibility index (Phi) is 13.3. The van der Waals surface area contributed by atoms with E-state index in [0.29, 0.717) is 25.6 Å². The molecule has 2 saturated heterocycles. The lowest BCUT2D eigenvalue weighted by Gasteiger charge is -2.27. The number of carbonyl (C=O) groups is 2. The summed E-state index contributed by atoms with van der Waals surface area (Å²) >= 11 is 23.6. The highest BCUT2D eigenvalue weighted by Gasteiger charge is 2.20. The summed E-state index contributed by atoms with van der Waals surface area (Å²) in [6, 6.07) is 10.5. The molecule has 0 spiro atoms. The third kappa shape index (κ3) is 9.50. The van der Waals surface area contributed by atoms with Crippen LogP contribution in [-0.4, -0.2) is 42.2 Å². The maximum absolute atomic E-state index is 12.2. The Morgan fingerprint density at radius 3 is 1.67 bits per heavy atom. The second-order valence-corrected chi connectivity index (χ2v) is 10.4. The first kappa shape index (κ1) is 28.6. The Labute approximate surface area is 227 Å². The minimum atomic E-state index is -0.545. The Balaban J connectivity index is 0.000000195. The number of rotatable bonds is 2. The molecule has 0 aliphatic carbocycles. The van der Waals surface area contributed by atoms with Crippen LogP contribution in [0.2, 0.25) is 10.0 Å². The molecule has 2 heterocycles. The van der Waals surface area contributed by atoms with Gasteiger partial charge >= 0.3 is 0 Å². The lowest BCUT2D eigenvalue weighted by atomic mass is 10.1. The standard InChI is InChI=1S/C12H13BrClNO.C7H3BrCl2O.C5H11N/c13-10-6-4-5-9(11(10)14)12(16)15-7-2-1-3-8-15;8-5-3-1-2-4(6(5)9)7(10)11;1-2-4-6-5-3-1/h4-6H,1-3,7-8H2;1-3H;6H,1-5H2. The van der Waals surface area contributed by atoms with Crippen LogP contribution >= 0.6 is 66.7 Å². The van der Waals surface area contributed by atoms with Gasteiger partial charge in [0.2, 0.25) is 0 Å². The van der Waals surface area contributed by atoms with Crippen molar-refractivity contribution in [3.63, 3.8) is 0 Å². The van der Waals surface area contributed by atoms with Crippen LogP contribution in [0.15, 0.2) is 45.3 Å². The molecule has 4 rings (SSSR count). The third-order valence-corrected chi connectivity index (χ3v) is 7.99. The Bertz CT molecular complexity index is 922. The zero-order valence-corrected chi connectivity index (χ0v) is 23.6. The smallest absolute Gasteiger partial charge is 0.255 e. The molecule has 2 aliphatic heterocycles. The van der Waals surface area contributed by atoms with Gasteiger partial charge in [0.25, 0.3) is 11.1 Å². The number of hydrogen-bond acceptors (Lipinski definition) is 3. The number of nitrogens with one attached hydrogen (secondary N) is 1. The number of piperidine rings is 2. The zero-order valence-electron chi connectivity index (χ0n) is 18.2. The normalized spacial score (nSPS) is 15.5. The summed E-state index contributed by atoms with van der Waals surface area (Å²) in [7, 11) is 0. The lowest BCUT2D eigenvalue weighted by molar-refractivity contribution is 0.0724. The number of hydrogen-bond donors (Lipinski definition) is 1. The van der Waals surface area contributed by atoms with Crippen LogP contribution in [0.3, 0.4) is 0 Å². The predicted octanol–water partition coefficient (Wildman–Crippen LogP) is 7.97. The first-order valence-corrected chi connectivity index (χ1v) is 13.6. The molecule has 0 radical (unpaired) electrons. The summed E-state index contributed by atoms with van der Waals surface area (Å²) < 4.78 is 1.45. The van der Waals surface area contributed by atoms with Crippen molar-refractivity contribution in [2.24, 2.45) is 0 Å². The Morgan fingerprint density at radius 2 is 1.24 bits per heavy atom. The molecule has 2 fully saturated rings. The molecular weight excluding hydrogens is 614 g/mol. The quantitative estimate of drug-likeness (QED) is 0.339. The lowest BCUT2D eigenvalue weighted by Crippen LogP contribution is -2.35. The molecule has 1 N–H and O–H groups in total. The monoisotopic (exact) mass is 638 g/mol. The van der Waals surface area contributed by atoms with Crippen LogP contribution in [0.5, 0.6) is 0 Å². The van der Waals surface area contributed by atoms with Crippen molar-refractivity contribution in [1.82, 2.24) is 10.2 Å². The van der Waals surface area contributed by atoms with Gasteiger partial charge in [-0.3, -0.25) is 9.59 Å². The fourth-order valence-electron chi connectivity index (χ4n) is 3.39. The van der Waals surface area contributed by atoms with Crippen molar-refractivity contribution >= 4 is 77.8 Å². The summed E-state index contributed by atoms with van der Waals surface area (Å²) in [6.07, 6.45) is 7.62. The van der Waals surface area contributed by atoms with Crippen LogP contribution in [0.1, 0.15) is 59.2 Å². The first-order valence-electron chi connectivity index (χ1n) is 10.9.